The zero-order valence-electron chi connectivity index (χ0n) is 11.8. The summed E-state index contributed by atoms with van der Waals surface area (Å²) in [5.41, 5.74) is 1.20. The molecule has 0 aliphatic rings. The zero-order valence-corrected chi connectivity index (χ0v) is 14.3. The third kappa shape index (κ3) is 3.57. The fraction of sp³-hybridized carbons (Fsp3) is 0. The summed E-state index contributed by atoms with van der Waals surface area (Å²) in [6.45, 7) is 0. The molecule has 0 aliphatic heterocycles. The molecule has 23 heavy (non-hydrogen) atoms. The second-order valence-corrected chi connectivity index (χ2v) is 7.28. The van der Waals surface area contributed by atoms with E-state index in [1.54, 1.807) is 18.3 Å². The maximum atomic E-state index is 12.4. The van der Waals surface area contributed by atoms with E-state index < -0.39 is 10.0 Å². The number of hydrogen-bond acceptors (Lipinski definition) is 4. The summed E-state index contributed by atoms with van der Waals surface area (Å²) in [6.07, 6.45) is 3.01. The number of nitrogens with zero attached hydrogens (tertiary/aromatic N) is 2. The van der Waals surface area contributed by atoms with Gasteiger partial charge in [-0.2, -0.15) is 18.4 Å². The van der Waals surface area contributed by atoms with Gasteiger partial charge in [0.15, 0.2) is 0 Å². The largest absolute Gasteiger partial charge is 0.278 e. The van der Waals surface area contributed by atoms with Gasteiger partial charge in [-0.05, 0) is 29.8 Å². The number of sulfonamides is 1. The summed E-state index contributed by atoms with van der Waals surface area (Å²) in [4.78, 5) is 6.47. The highest BCUT2D eigenvalue weighted by atomic mass is 79.9. The van der Waals surface area contributed by atoms with Crippen molar-refractivity contribution >= 4 is 43.1 Å². The van der Waals surface area contributed by atoms with Crippen molar-refractivity contribution in [3.8, 4) is 0 Å². The quantitative estimate of drug-likeness (QED) is 0.549. The van der Waals surface area contributed by atoms with Gasteiger partial charge in [-0.25, -0.2) is 0 Å². The van der Waals surface area contributed by atoms with Crippen LogP contribution in [0.1, 0.15) is 5.56 Å². The maximum Gasteiger partial charge on any atom is 0.278 e. The molecular formula is C16H12BrN3O2S. The average Bonchev–Trinajstić information content (AvgIpc) is 2.56. The molecule has 0 aliphatic carbocycles. The Balaban J connectivity index is 1.88. The van der Waals surface area contributed by atoms with E-state index in [1.165, 1.54) is 12.3 Å². The lowest BCUT2D eigenvalue weighted by Gasteiger charge is -2.06. The molecule has 2 aromatic carbocycles. The van der Waals surface area contributed by atoms with Gasteiger partial charge in [0.2, 0.25) is 0 Å². The number of hydrazone groups is 1. The van der Waals surface area contributed by atoms with Crippen LogP contribution in [0.15, 0.2) is 75.3 Å². The molecule has 0 bridgehead atoms. The van der Waals surface area contributed by atoms with Crippen LogP contribution < -0.4 is 4.83 Å². The Morgan fingerprint density at radius 3 is 2.57 bits per heavy atom. The highest BCUT2D eigenvalue weighted by Crippen LogP contribution is 2.20. The third-order valence-corrected chi connectivity index (χ3v) is 4.92. The predicted octanol–water partition coefficient (Wildman–Crippen LogP) is 3.31. The standard InChI is InChI=1S/C16H12BrN3O2S/c17-14-8-6-12(7-9-14)11-19-20-23(21,22)15-5-1-3-13-4-2-10-18-16(13)15/h1-11,20H/b19-11+. The van der Waals surface area contributed by atoms with Crippen LogP contribution in [0.3, 0.4) is 0 Å². The van der Waals surface area contributed by atoms with Crippen LogP contribution in [0, 0.1) is 0 Å². The summed E-state index contributed by atoms with van der Waals surface area (Å²) in [5.74, 6) is 0. The van der Waals surface area contributed by atoms with Gasteiger partial charge in [-0.15, -0.1) is 0 Å². The molecule has 0 saturated heterocycles. The summed E-state index contributed by atoms with van der Waals surface area (Å²) < 4.78 is 25.8. The lowest BCUT2D eigenvalue weighted by atomic mass is 10.2. The van der Waals surface area contributed by atoms with Crippen molar-refractivity contribution in [1.29, 1.82) is 0 Å². The molecule has 0 atom stereocenters. The SMILES string of the molecule is O=S(=O)(N/N=C/c1ccc(Br)cc1)c1cccc2cccnc12. The molecule has 0 fully saturated rings. The van der Waals surface area contributed by atoms with E-state index in [0.29, 0.717) is 5.52 Å². The van der Waals surface area contributed by atoms with Gasteiger partial charge >= 0.3 is 0 Å². The summed E-state index contributed by atoms with van der Waals surface area (Å²) >= 11 is 3.34. The van der Waals surface area contributed by atoms with Crippen LogP contribution in [0.5, 0.6) is 0 Å². The molecule has 1 N–H and O–H groups in total. The number of rotatable bonds is 4. The first kappa shape index (κ1) is 15.6. The van der Waals surface area contributed by atoms with Crippen molar-refractivity contribution in [1.82, 2.24) is 9.82 Å². The first-order chi connectivity index (χ1) is 11.1. The predicted molar refractivity (Wildman–Crippen MR) is 93.8 cm³/mol. The summed E-state index contributed by atoms with van der Waals surface area (Å²) in [7, 11) is -3.78. The fourth-order valence-corrected chi connectivity index (χ4v) is 3.30. The fourth-order valence-electron chi connectivity index (χ4n) is 2.06. The smallest absolute Gasteiger partial charge is 0.255 e. The van der Waals surface area contributed by atoms with E-state index in [1.807, 2.05) is 36.4 Å². The minimum Gasteiger partial charge on any atom is -0.255 e. The van der Waals surface area contributed by atoms with Crippen molar-refractivity contribution in [3.05, 3.63) is 70.8 Å². The highest BCUT2D eigenvalue weighted by molar-refractivity contribution is 9.10. The van der Waals surface area contributed by atoms with Crippen molar-refractivity contribution in [2.75, 3.05) is 0 Å². The van der Waals surface area contributed by atoms with E-state index in [2.05, 4.69) is 30.8 Å². The Kier molecular flexibility index (Phi) is 4.40. The molecule has 3 aromatic rings. The summed E-state index contributed by atoms with van der Waals surface area (Å²) in [5, 5.41) is 4.58. The van der Waals surface area contributed by atoms with Crippen LogP contribution in [0.25, 0.3) is 10.9 Å². The molecule has 7 heteroatoms. The van der Waals surface area contributed by atoms with Gasteiger partial charge < -0.3 is 0 Å². The van der Waals surface area contributed by atoms with Crippen LogP contribution in [0.4, 0.5) is 0 Å². The zero-order chi connectivity index (χ0) is 16.3. The number of fused-ring (bicyclic) bond motifs is 1. The van der Waals surface area contributed by atoms with Crippen molar-refractivity contribution in [3.63, 3.8) is 0 Å². The van der Waals surface area contributed by atoms with Gasteiger partial charge in [0.25, 0.3) is 10.0 Å². The Hall–Kier alpha value is -2.25. The Labute approximate surface area is 142 Å². The van der Waals surface area contributed by atoms with Crippen LogP contribution in [0.2, 0.25) is 0 Å². The molecule has 3 rings (SSSR count). The molecule has 1 heterocycles. The first-order valence-electron chi connectivity index (χ1n) is 6.70. The van der Waals surface area contributed by atoms with E-state index in [4.69, 9.17) is 0 Å². The molecule has 5 nitrogen and oxygen atoms in total. The van der Waals surface area contributed by atoms with Crippen molar-refractivity contribution in [2.45, 2.75) is 4.90 Å². The Morgan fingerprint density at radius 1 is 1.04 bits per heavy atom. The molecule has 0 unspecified atom stereocenters. The second kappa shape index (κ2) is 6.47. The number of halogens is 1. The molecule has 116 valence electrons. The van der Waals surface area contributed by atoms with Gasteiger partial charge in [0.1, 0.15) is 4.90 Å². The van der Waals surface area contributed by atoms with E-state index in [0.717, 1.165) is 15.4 Å². The average molecular weight is 390 g/mol. The number of nitrogens with one attached hydrogen (secondary N) is 1. The van der Waals surface area contributed by atoms with Gasteiger partial charge in [0.05, 0.1) is 11.7 Å². The van der Waals surface area contributed by atoms with Crippen LogP contribution in [-0.4, -0.2) is 19.6 Å². The van der Waals surface area contributed by atoms with E-state index in [-0.39, 0.29) is 4.90 Å². The van der Waals surface area contributed by atoms with Gasteiger partial charge in [-0.1, -0.05) is 46.3 Å². The number of hydrogen-bond donors (Lipinski definition) is 1. The topological polar surface area (TPSA) is 71.4 Å². The van der Waals surface area contributed by atoms with Crippen LogP contribution in [-0.2, 0) is 10.0 Å². The lowest BCUT2D eigenvalue weighted by Crippen LogP contribution is -2.19. The molecule has 0 amide bonds. The van der Waals surface area contributed by atoms with E-state index >= 15 is 0 Å². The first-order valence-corrected chi connectivity index (χ1v) is 8.98. The number of pyridine rings is 1. The molecule has 0 radical (unpaired) electrons. The third-order valence-electron chi connectivity index (χ3n) is 3.14. The minimum absolute atomic E-state index is 0.101. The van der Waals surface area contributed by atoms with E-state index in [9.17, 15) is 8.42 Å². The van der Waals surface area contributed by atoms with Crippen molar-refractivity contribution in [2.24, 2.45) is 5.10 Å². The lowest BCUT2D eigenvalue weighted by molar-refractivity contribution is 0.585. The Bertz CT molecular complexity index is 965. The number of benzene rings is 2. The highest BCUT2D eigenvalue weighted by Gasteiger charge is 2.16. The number of aromatic nitrogens is 1. The molecule has 1 aromatic heterocycles. The maximum absolute atomic E-state index is 12.4. The molecular weight excluding hydrogens is 378 g/mol. The minimum atomic E-state index is -3.78. The number of para-hydroxylation sites is 1. The monoisotopic (exact) mass is 389 g/mol. The second-order valence-electron chi connectivity index (χ2n) is 4.74. The normalized spacial score (nSPS) is 11.9. The van der Waals surface area contributed by atoms with Crippen molar-refractivity contribution < 1.29 is 8.42 Å². The molecule has 0 spiro atoms. The molecule has 0 saturated carbocycles. The van der Waals surface area contributed by atoms with Gasteiger partial charge in [0, 0.05) is 16.1 Å². The van der Waals surface area contributed by atoms with Crippen LogP contribution >= 0.6 is 15.9 Å². The summed E-state index contributed by atoms with van der Waals surface area (Å²) in [6, 6.07) is 15.9. The Morgan fingerprint density at radius 2 is 1.78 bits per heavy atom. The van der Waals surface area contributed by atoms with Gasteiger partial charge in [-0.3, -0.25) is 4.98 Å².